The van der Waals surface area contributed by atoms with Crippen LogP contribution in [0.1, 0.15) is 24.5 Å². The van der Waals surface area contributed by atoms with Gasteiger partial charge in [-0.15, -0.1) is 0 Å². The number of fused-ring (bicyclic) bond motifs is 1. The molecule has 0 atom stereocenters. The highest BCUT2D eigenvalue weighted by molar-refractivity contribution is 5.92. The molecule has 6 heteroatoms. The average Bonchev–Trinajstić information content (AvgIpc) is 3.14. The number of hydrogen-bond acceptors (Lipinski definition) is 5. The first-order chi connectivity index (χ1) is 13.1. The second-order valence-corrected chi connectivity index (χ2v) is 6.24. The van der Waals surface area contributed by atoms with Crippen molar-refractivity contribution in [1.29, 1.82) is 0 Å². The highest BCUT2D eigenvalue weighted by Crippen LogP contribution is 2.26. The Hall–Kier alpha value is -3.02. The van der Waals surface area contributed by atoms with Gasteiger partial charge in [-0.2, -0.15) is 0 Å². The van der Waals surface area contributed by atoms with Crippen molar-refractivity contribution in [3.63, 3.8) is 0 Å². The zero-order valence-electron chi connectivity index (χ0n) is 15.3. The molecule has 0 spiro atoms. The van der Waals surface area contributed by atoms with E-state index in [0.717, 1.165) is 25.0 Å². The normalized spacial score (nSPS) is 12.2. The van der Waals surface area contributed by atoms with E-state index in [1.807, 2.05) is 25.1 Å². The topological polar surface area (TPSA) is 73.9 Å². The lowest BCUT2D eigenvalue weighted by Gasteiger charge is -2.09. The Morgan fingerprint density at radius 1 is 0.926 bits per heavy atom. The van der Waals surface area contributed by atoms with Crippen molar-refractivity contribution < 1.29 is 23.8 Å². The molecule has 0 aromatic heterocycles. The van der Waals surface area contributed by atoms with Gasteiger partial charge in [0.1, 0.15) is 11.5 Å². The molecule has 0 saturated carbocycles. The fraction of sp³-hybridized carbons (Fsp3) is 0.333. The van der Waals surface area contributed by atoms with Gasteiger partial charge in [0, 0.05) is 5.69 Å². The van der Waals surface area contributed by atoms with E-state index in [9.17, 15) is 9.59 Å². The first kappa shape index (κ1) is 18.8. The maximum absolute atomic E-state index is 11.9. The average molecular weight is 369 g/mol. The fourth-order valence-corrected chi connectivity index (χ4v) is 2.97. The van der Waals surface area contributed by atoms with Gasteiger partial charge in [0.25, 0.3) is 5.91 Å². The summed E-state index contributed by atoms with van der Waals surface area (Å²) in [7, 11) is 0. The summed E-state index contributed by atoms with van der Waals surface area (Å²) >= 11 is 0. The summed E-state index contributed by atoms with van der Waals surface area (Å²) in [6.07, 6.45) is 3.30. The summed E-state index contributed by atoms with van der Waals surface area (Å²) in [5, 5.41) is 2.66. The van der Waals surface area contributed by atoms with Crippen LogP contribution in [0.3, 0.4) is 0 Å². The van der Waals surface area contributed by atoms with Crippen LogP contribution in [-0.2, 0) is 27.2 Å². The van der Waals surface area contributed by atoms with Crippen LogP contribution >= 0.6 is 0 Å². The van der Waals surface area contributed by atoms with Crippen molar-refractivity contribution >= 4 is 17.6 Å². The molecule has 0 aliphatic heterocycles. The molecule has 27 heavy (non-hydrogen) atoms. The first-order valence-corrected chi connectivity index (χ1v) is 9.07. The lowest BCUT2D eigenvalue weighted by Crippen LogP contribution is -2.23. The Kier molecular flexibility index (Phi) is 6.30. The van der Waals surface area contributed by atoms with Crippen LogP contribution in [0, 0.1) is 0 Å². The zero-order chi connectivity index (χ0) is 19.1. The maximum atomic E-state index is 11.9. The molecule has 0 unspecified atom stereocenters. The van der Waals surface area contributed by atoms with Crippen molar-refractivity contribution in [2.45, 2.75) is 26.2 Å². The Morgan fingerprint density at radius 3 is 2.44 bits per heavy atom. The third-order valence-corrected chi connectivity index (χ3v) is 4.24. The number of hydrogen-bond donors (Lipinski definition) is 1. The van der Waals surface area contributed by atoms with Crippen molar-refractivity contribution in [1.82, 2.24) is 0 Å². The van der Waals surface area contributed by atoms with E-state index in [0.29, 0.717) is 18.0 Å². The van der Waals surface area contributed by atoms with Gasteiger partial charge in [0.05, 0.1) is 6.61 Å². The molecular formula is C21H23NO5. The SMILES string of the molecule is CCOc1ccc(NC(=O)COC(=O)COc2ccc3c(c2)CCC3)cc1. The summed E-state index contributed by atoms with van der Waals surface area (Å²) < 4.78 is 15.7. The summed E-state index contributed by atoms with van der Waals surface area (Å²) in [5.41, 5.74) is 3.22. The molecule has 2 aromatic carbocycles. The molecule has 0 fully saturated rings. The number of carbonyl (C=O) groups excluding carboxylic acids is 2. The molecule has 0 bridgehead atoms. The van der Waals surface area contributed by atoms with Crippen LogP contribution in [-0.4, -0.2) is 31.7 Å². The number of nitrogens with one attached hydrogen (secondary N) is 1. The number of benzene rings is 2. The van der Waals surface area contributed by atoms with Gasteiger partial charge in [-0.1, -0.05) is 6.07 Å². The van der Waals surface area contributed by atoms with Gasteiger partial charge < -0.3 is 19.5 Å². The number of ether oxygens (including phenoxy) is 3. The number of esters is 1. The predicted molar refractivity (Wildman–Crippen MR) is 101 cm³/mol. The molecule has 1 amide bonds. The van der Waals surface area contributed by atoms with Crippen LogP contribution in [0.2, 0.25) is 0 Å². The van der Waals surface area contributed by atoms with E-state index < -0.39 is 11.9 Å². The standard InChI is InChI=1S/C21H23NO5/c1-2-25-18-10-7-17(8-11-18)22-20(23)13-27-21(24)14-26-19-9-6-15-4-3-5-16(15)12-19/h6-12H,2-5,13-14H2,1H3,(H,22,23). The minimum Gasteiger partial charge on any atom is -0.494 e. The zero-order valence-corrected chi connectivity index (χ0v) is 15.3. The molecule has 0 radical (unpaired) electrons. The van der Waals surface area contributed by atoms with Crippen molar-refractivity contribution in [3.05, 3.63) is 53.6 Å². The van der Waals surface area contributed by atoms with Crippen molar-refractivity contribution in [2.24, 2.45) is 0 Å². The highest BCUT2D eigenvalue weighted by Gasteiger charge is 2.13. The Labute approximate surface area is 158 Å². The van der Waals surface area contributed by atoms with Crippen molar-refractivity contribution in [3.8, 4) is 11.5 Å². The summed E-state index contributed by atoms with van der Waals surface area (Å²) in [4.78, 5) is 23.6. The number of aryl methyl sites for hydroxylation is 2. The molecule has 2 aromatic rings. The third-order valence-electron chi connectivity index (χ3n) is 4.24. The largest absolute Gasteiger partial charge is 0.494 e. The second-order valence-electron chi connectivity index (χ2n) is 6.24. The van der Waals surface area contributed by atoms with Gasteiger partial charge in [-0.25, -0.2) is 4.79 Å². The van der Waals surface area contributed by atoms with E-state index in [-0.39, 0.29) is 13.2 Å². The number of amides is 1. The Balaban J connectivity index is 1.38. The van der Waals surface area contributed by atoms with Crippen LogP contribution in [0.5, 0.6) is 11.5 Å². The maximum Gasteiger partial charge on any atom is 0.344 e. The third kappa shape index (κ3) is 5.48. The van der Waals surface area contributed by atoms with Gasteiger partial charge in [-0.05, 0) is 73.7 Å². The van der Waals surface area contributed by atoms with Crippen LogP contribution < -0.4 is 14.8 Å². The molecule has 6 nitrogen and oxygen atoms in total. The Morgan fingerprint density at radius 2 is 1.67 bits per heavy atom. The first-order valence-electron chi connectivity index (χ1n) is 9.07. The molecule has 142 valence electrons. The second kappa shape index (κ2) is 9.07. The lowest BCUT2D eigenvalue weighted by molar-refractivity contribution is -0.149. The van der Waals surface area contributed by atoms with Gasteiger partial charge in [0.15, 0.2) is 13.2 Å². The molecule has 0 heterocycles. The summed E-state index contributed by atoms with van der Waals surface area (Å²) in [6.45, 7) is 1.89. The molecule has 1 aliphatic rings. The summed E-state index contributed by atoms with van der Waals surface area (Å²) in [6, 6.07) is 12.8. The van der Waals surface area contributed by atoms with E-state index >= 15 is 0 Å². The van der Waals surface area contributed by atoms with Crippen molar-refractivity contribution in [2.75, 3.05) is 25.1 Å². The molecular weight excluding hydrogens is 346 g/mol. The van der Waals surface area contributed by atoms with E-state index in [1.54, 1.807) is 24.3 Å². The van der Waals surface area contributed by atoms with Crippen LogP contribution in [0.4, 0.5) is 5.69 Å². The molecule has 1 aliphatic carbocycles. The van der Waals surface area contributed by atoms with E-state index in [4.69, 9.17) is 14.2 Å². The molecule has 0 saturated heterocycles. The fourth-order valence-electron chi connectivity index (χ4n) is 2.97. The number of carbonyl (C=O) groups is 2. The predicted octanol–water partition coefficient (Wildman–Crippen LogP) is 3.13. The quantitative estimate of drug-likeness (QED) is 0.724. The van der Waals surface area contributed by atoms with E-state index in [1.165, 1.54) is 11.1 Å². The molecule has 3 rings (SSSR count). The minimum absolute atomic E-state index is 0.227. The minimum atomic E-state index is -0.586. The summed E-state index contributed by atoms with van der Waals surface area (Å²) in [5.74, 6) is 0.374. The van der Waals surface area contributed by atoms with E-state index in [2.05, 4.69) is 5.32 Å². The monoisotopic (exact) mass is 369 g/mol. The number of rotatable bonds is 8. The van der Waals surface area contributed by atoms with Gasteiger partial charge in [-0.3, -0.25) is 4.79 Å². The Bertz CT molecular complexity index is 801. The highest BCUT2D eigenvalue weighted by atomic mass is 16.6. The van der Waals surface area contributed by atoms with Crippen LogP contribution in [0.25, 0.3) is 0 Å². The van der Waals surface area contributed by atoms with Gasteiger partial charge in [0.2, 0.25) is 0 Å². The smallest absolute Gasteiger partial charge is 0.344 e. The number of anilines is 1. The van der Waals surface area contributed by atoms with Gasteiger partial charge >= 0.3 is 5.97 Å². The molecule has 1 N–H and O–H groups in total. The lowest BCUT2D eigenvalue weighted by atomic mass is 10.1. The van der Waals surface area contributed by atoms with Crippen LogP contribution in [0.15, 0.2) is 42.5 Å².